The Bertz CT molecular complexity index is 951. The highest BCUT2D eigenvalue weighted by molar-refractivity contribution is 6.01. The van der Waals surface area contributed by atoms with Gasteiger partial charge in [0.25, 0.3) is 0 Å². The average Bonchev–Trinajstić information content (AvgIpc) is 2.90. The van der Waals surface area contributed by atoms with Crippen LogP contribution in [0.1, 0.15) is 36.6 Å². The minimum Gasteiger partial charge on any atom is -0.508 e. The Morgan fingerprint density at radius 3 is 2.50 bits per heavy atom. The first kappa shape index (κ1) is 16.3. The van der Waals surface area contributed by atoms with E-state index in [9.17, 15) is 15.0 Å². The highest BCUT2D eigenvalue weighted by Crippen LogP contribution is 2.43. The van der Waals surface area contributed by atoms with Crippen molar-refractivity contribution in [1.82, 2.24) is 0 Å². The standard InChI is InChI=1S/C21H18O5/c1-21(2)10-9-13-11-14(5-8-16(13)26-21)19-17(18(23)20(24)25-19)12-3-6-15(22)7-4-12/h3-11,19,22-23H,1-2H3. The van der Waals surface area contributed by atoms with Gasteiger partial charge in [0.15, 0.2) is 6.10 Å². The van der Waals surface area contributed by atoms with Gasteiger partial charge in [0.1, 0.15) is 17.1 Å². The lowest BCUT2D eigenvalue weighted by molar-refractivity contribution is -0.142. The zero-order valence-electron chi connectivity index (χ0n) is 14.4. The molecule has 5 heteroatoms. The van der Waals surface area contributed by atoms with E-state index in [0.29, 0.717) is 11.1 Å². The molecule has 2 aliphatic heterocycles. The summed E-state index contributed by atoms with van der Waals surface area (Å²) < 4.78 is 11.3. The van der Waals surface area contributed by atoms with Crippen LogP contribution in [0.25, 0.3) is 11.6 Å². The van der Waals surface area contributed by atoms with Gasteiger partial charge in [0, 0.05) is 5.56 Å². The van der Waals surface area contributed by atoms with Gasteiger partial charge in [-0.3, -0.25) is 0 Å². The number of phenols is 1. The molecule has 5 nitrogen and oxygen atoms in total. The van der Waals surface area contributed by atoms with Crippen molar-refractivity contribution in [2.45, 2.75) is 25.6 Å². The van der Waals surface area contributed by atoms with E-state index in [1.165, 1.54) is 12.1 Å². The van der Waals surface area contributed by atoms with Crippen molar-refractivity contribution in [1.29, 1.82) is 0 Å². The summed E-state index contributed by atoms with van der Waals surface area (Å²) in [5.41, 5.74) is 2.24. The molecule has 2 N–H and O–H groups in total. The molecule has 4 rings (SSSR count). The van der Waals surface area contributed by atoms with Crippen LogP contribution in [0.2, 0.25) is 0 Å². The summed E-state index contributed by atoms with van der Waals surface area (Å²) >= 11 is 0. The van der Waals surface area contributed by atoms with Gasteiger partial charge in [-0.15, -0.1) is 0 Å². The van der Waals surface area contributed by atoms with E-state index in [1.807, 2.05) is 44.2 Å². The van der Waals surface area contributed by atoms with Gasteiger partial charge in [0.05, 0.1) is 5.57 Å². The molecule has 0 radical (unpaired) electrons. The number of cyclic esters (lactones) is 1. The summed E-state index contributed by atoms with van der Waals surface area (Å²) in [5.74, 6) is -0.311. The normalized spacial score (nSPS) is 20.5. The fraction of sp³-hybridized carbons (Fsp3) is 0.190. The van der Waals surface area contributed by atoms with Crippen LogP contribution < -0.4 is 4.74 Å². The number of fused-ring (bicyclic) bond motifs is 1. The predicted molar refractivity (Wildman–Crippen MR) is 96.7 cm³/mol. The first-order valence-corrected chi connectivity index (χ1v) is 8.30. The first-order valence-electron chi connectivity index (χ1n) is 8.30. The average molecular weight is 350 g/mol. The molecule has 2 aromatic rings. The second-order valence-corrected chi connectivity index (χ2v) is 6.93. The monoisotopic (exact) mass is 350 g/mol. The van der Waals surface area contributed by atoms with Gasteiger partial charge < -0.3 is 19.7 Å². The third-order valence-electron chi connectivity index (χ3n) is 4.49. The molecule has 0 aliphatic carbocycles. The van der Waals surface area contributed by atoms with Crippen LogP contribution in [-0.4, -0.2) is 21.8 Å². The smallest absolute Gasteiger partial charge is 0.374 e. The Balaban J connectivity index is 1.76. The Morgan fingerprint density at radius 2 is 1.77 bits per heavy atom. The zero-order valence-corrected chi connectivity index (χ0v) is 14.4. The predicted octanol–water partition coefficient (Wildman–Crippen LogP) is 4.14. The molecule has 132 valence electrons. The summed E-state index contributed by atoms with van der Waals surface area (Å²) in [4.78, 5) is 12.0. The third kappa shape index (κ3) is 2.71. The number of carbonyl (C=O) groups is 1. The summed E-state index contributed by atoms with van der Waals surface area (Å²) in [5, 5.41) is 19.7. The number of aliphatic hydroxyl groups is 1. The highest BCUT2D eigenvalue weighted by atomic mass is 16.6. The number of hydrogen-bond acceptors (Lipinski definition) is 5. The largest absolute Gasteiger partial charge is 0.508 e. The van der Waals surface area contributed by atoms with Crippen molar-refractivity contribution >= 4 is 17.6 Å². The van der Waals surface area contributed by atoms with Crippen LogP contribution in [0.15, 0.2) is 54.3 Å². The number of esters is 1. The van der Waals surface area contributed by atoms with Crippen molar-refractivity contribution in [2.24, 2.45) is 0 Å². The zero-order chi connectivity index (χ0) is 18.5. The molecule has 26 heavy (non-hydrogen) atoms. The molecule has 0 amide bonds. The molecule has 0 aromatic heterocycles. The highest BCUT2D eigenvalue weighted by Gasteiger charge is 2.36. The maximum absolute atomic E-state index is 12.0. The lowest BCUT2D eigenvalue weighted by Gasteiger charge is -2.28. The van der Waals surface area contributed by atoms with Gasteiger partial charge in [-0.1, -0.05) is 24.3 Å². The van der Waals surface area contributed by atoms with Gasteiger partial charge >= 0.3 is 5.97 Å². The van der Waals surface area contributed by atoms with Gasteiger partial charge in [-0.2, -0.15) is 0 Å². The molecule has 1 atom stereocenters. The van der Waals surface area contributed by atoms with Crippen molar-refractivity contribution in [3.8, 4) is 11.5 Å². The van der Waals surface area contributed by atoms with Crippen LogP contribution in [0.4, 0.5) is 0 Å². The summed E-state index contributed by atoms with van der Waals surface area (Å²) in [7, 11) is 0. The molecule has 0 saturated carbocycles. The van der Waals surface area contributed by atoms with Gasteiger partial charge in [0.2, 0.25) is 5.76 Å². The summed E-state index contributed by atoms with van der Waals surface area (Å²) in [6.45, 7) is 3.95. The fourth-order valence-electron chi connectivity index (χ4n) is 3.18. The Kier molecular flexibility index (Phi) is 3.54. The maximum Gasteiger partial charge on any atom is 0.374 e. The quantitative estimate of drug-likeness (QED) is 0.796. The van der Waals surface area contributed by atoms with E-state index in [0.717, 1.165) is 16.9 Å². The molecule has 0 saturated heterocycles. The van der Waals surface area contributed by atoms with E-state index in [4.69, 9.17) is 9.47 Å². The van der Waals surface area contributed by atoms with Crippen LogP contribution in [0.3, 0.4) is 0 Å². The molecular formula is C21H18O5. The topological polar surface area (TPSA) is 76.0 Å². The summed E-state index contributed by atoms with van der Waals surface area (Å²) in [6.07, 6.45) is 3.22. The van der Waals surface area contributed by atoms with Crippen molar-refractivity contribution in [3.05, 3.63) is 71.0 Å². The molecule has 2 aliphatic rings. The number of rotatable bonds is 2. The minimum absolute atomic E-state index is 0.106. The van der Waals surface area contributed by atoms with Gasteiger partial charge in [-0.05, 0) is 55.3 Å². The Morgan fingerprint density at radius 1 is 1.04 bits per heavy atom. The molecule has 1 unspecified atom stereocenters. The van der Waals surface area contributed by atoms with E-state index >= 15 is 0 Å². The SMILES string of the molecule is CC1(C)C=Cc2cc(C3OC(=O)C(O)=C3c3ccc(O)cc3)ccc2O1. The van der Waals surface area contributed by atoms with Gasteiger partial charge in [-0.25, -0.2) is 4.79 Å². The summed E-state index contributed by atoms with van der Waals surface area (Å²) in [6, 6.07) is 11.8. The molecule has 2 aromatic carbocycles. The van der Waals surface area contributed by atoms with E-state index in [2.05, 4.69) is 0 Å². The molecule has 2 heterocycles. The van der Waals surface area contributed by atoms with E-state index in [-0.39, 0.29) is 11.4 Å². The number of carbonyl (C=O) groups excluding carboxylic acids is 1. The van der Waals surface area contributed by atoms with Crippen LogP contribution in [0.5, 0.6) is 11.5 Å². The fourth-order valence-corrected chi connectivity index (χ4v) is 3.18. The second kappa shape index (κ2) is 5.66. The molecule has 0 fully saturated rings. The second-order valence-electron chi connectivity index (χ2n) is 6.93. The van der Waals surface area contributed by atoms with Crippen molar-refractivity contribution in [2.75, 3.05) is 0 Å². The molecule has 0 bridgehead atoms. The van der Waals surface area contributed by atoms with E-state index < -0.39 is 17.8 Å². The minimum atomic E-state index is -0.760. The Hall–Kier alpha value is -3.21. The lowest BCUT2D eigenvalue weighted by atomic mass is 9.93. The Labute approximate surface area is 150 Å². The molecular weight excluding hydrogens is 332 g/mol. The van der Waals surface area contributed by atoms with Crippen LogP contribution in [-0.2, 0) is 9.53 Å². The molecule has 0 spiro atoms. The maximum atomic E-state index is 12.0. The van der Waals surface area contributed by atoms with Crippen molar-refractivity contribution in [3.63, 3.8) is 0 Å². The van der Waals surface area contributed by atoms with Crippen LogP contribution >= 0.6 is 0 Å². The number of aliphatic hydroxyl groups excluding tert-OH is 1. The number of aromatic hydroxyl groups is 1. The first-order chi connectivity index (χ1) is 12.3. The van der Waals surface area contributed by atoms with Crippen molar-refractivity contribution < 1.29 is 24.5 Å². The number of benzene rings is 2. The third-order valence-corrected chi connectivity index (χ3v) is 4.49. The lowest BCUT2D eigenvalue weighted by Crippen LogP contribution is -2.27. The van der Waals surface area contributed by atoms with Crippen LogP contribution in [0, 0.1) is 0 Å². The number of ether oxygens (including phenoxy) is 2. The number of phenolic OH excluding ortho intramolecular Hbond substituents is 1. The number of hydrogen-bond donors (Lipinski definition) is 2. The van der Waals surface area contributed by atoms with E-state index in [1.54, 1.807) is 12.1 Å².